The van der Waals surface area contributed by atoms with Gasteiger partial charge in [0.15, 0.2) is 0 Å². The zero-order valence-corrected chi connectivity index (χ0v) is 21.0. The molecule has 36 heavy (non-hydrogen) atoms. The molecule has 0 bridgehead atoms. The van der Waals surface area contributed by atoms with Gasteiger partial charge >= 0.3 is 6.09 Å². The molecule has 0 atom stereocenters. The Hall–Kier alpha value is -3.88. The number of ether oxygens (including phenoxy) is 1. The number of fused-ring (bicyclic) bond motifs is 1. The van der Waals surface area contributed by atoms with Gasteiger partial charge in [0.2, 0.25) is 5.91 Å². The van der Waals surface area contributed by atoms with E-state index in [2.05, 4.69) is 10.6 Å². The van der Waals surface area contributed by atoms with Crippen LogP contribution in [0, 0.1) is 0 Å². The topological polar surface area (TPSA) is 106 Å². The van der Waals surface area contributed by atoms with Crippen molar-refractivity contribution in [2.45, 2.75) is 45.6 Å². The number of likely N-dealkylation sites (tertiary alicyclic amines) is 1. The van der Waals surface area contributed by atoms with Crippen LogP contribution in [0.2, 0.25) is 0 Å². The molecule has 0 radical (unpaired) electrons. The zero-order chi connectivity index (χ0) is 25.7. The lowest BCUT2D eigenvalue weighted by Crippen LogP contribution is -2.46. The highest BCUT2D eigenvalue weighted by Crippen LogP contribution is 2.26. The first-order valence-electron chi connectivity index (χ1n) is 12.4. The summed E-state index contributed by atoms with van der Waals surface area (Å²) >= 11 is 0. The summed E-state index contributed by atoms with van der Waals surface area (Å²) in [5.41, 5.74) is 3.49. The molecule has 0 aliphatic carbocycles. The van der Waals surface area contributed by atoms with Crippen LogP contribution in [-0.2, 0) is 23.0 Å². The fourth-order valence-corrected chi connectivity index (χ4v) is 4.52. The molecule has 9 nitrogen and oxygen atoms in total. The van der Waals surface area contributed by atoms with E-state index in [0.717, 1.165) is 16.9 Å². The van der Waals surface area contributed by atoms with E-state index in [9.17, 15) is 14.4 Å². The number of rotatable bonds is 7. The molecule has 3 aromatic rings. The quantitative estimate of drug-likeness (QED) is 0.522. The summed E-state index contributed by atoms with van der Waals surface area (Å²) in [6, 6.07) is 13.5. The SMILES string of the molecule is CCOC(=O)N1CCC(NC(=O)c2cc(NC(=O)CC)cc3nc(Cc4ccccc4)n(C)c23)CC1. The summed E-state index contributed by atoms with van der Waals surface area (Å²) in [5, 5.41) is 5.99. The van der Waals surface area contributed by atoms with Crippen molar-refractivity contribution >= 4 is 34.6 Å². The van der Waals surface area contributed by atoms with E-state index in [1.807, 2.05) is 48.0 Å². The molecule has 2 heterocycles. The molecule has 9 heteroatoms. The van der Waals surface area contributed by atoms with Gasteiger partial charge in [-0.15, -0.1) is 0 Å². The molecule has 0 spiro atoms. The van der Waals surface area contributed by atoms with Crippen LogP contribution in [0.5, 0.6) is 0 Å². The number of aromatic nitrogens is 2. The molecule has 2 aromatic carbocycles. The van der Waals surface area contributed by atoms with Gasteiger partial charge in [0.05, 0.1) is 23.2 Å². The Balaban J connectivity index is 1.60. The molecule has 4 rings (SSSR count). The second kappa shape index (κ2) is 11.2. The minimum Gasteiger partial charge on any atom is -0.450 e. The third-order valence-corrected chi connectivity index (χ3v) is 6.47. The van der Waals surface area contributed by atoms with Crippen molar-refractivity contribution in [3.63, 3.8) is 0 Å². The van der Waals surface area contributed by atoms with Crippen LogP contribution in [-0.4, -0.2) is 58.1 Å². The van der Waals surface area contributed by atoms with Gasteiger partial charge in [-0.1, -0.05) is 37.3 Å². The van der Waals surface area contributed by atoms with Crippen molar-refractivity contribution in [3.8, 4) is 0 Å². The molecule has 3 amide bonds. The lowest BCUT2D eigenvalue weighted by molar-refractivity contribution is -0.115. The molecule has 190 valence electrons. The average Bonchev–Trinajstić information content (AvgIpc) is 3.19. The fourth-order valence-electron chi connectivity index (χ4n) is 4.52. The number of nitrogens with one attached hydrogen (secondary N) is 2. The number of hydrogen-bond acceptors (Lipinski definition) is 5. The van der Waals surface area contributed by atoms with Gasteiger partial charge in [-0.2, -0.15) is 0 Å². The van der Waals surface area contributed by atoms with Crippen LogP contribution in [0.3, 0.4) is 0 Å². The number of aryl methyl sites for hydroxylation is 1. The van der Waals surface area contributed by atoms with Crippen molar-refractivity contribution in [1.29, 1.82) is 0 Å². The molecule has 0 unspecified atom stereocenters. The van der Waals surface area contributed by atoms with E-state index >= 15 is 0 Å². The number of benzene rings is 2. The molecule has 0 saturated carbocycles. The van der Waals surface area contributed by atoms with Crippen LogP contribution >= 0.6 is 0 Å². The first kappa shape index (κ1) is 25.2. The number of amides is 3. The molecule has 1 fully saturated rings. The highest BCUT2D eigenvalue weighted by atomic mass is 16.6. The summed E-state index contributed by atoms with van der Waals surface area (Å²) in [5.74, 6) is 0.468. The second-order valence-electron chi connectivity index (χ2n) is 8.98. The highest BCUT2D eigenvalue weighted by Gasteiger charge is 2.26. The summed E-state index contributed by atoms with van der Waals surface area (Å²) in [7, 11) is 1.91. The fraction of sp³-hybridized carbons (Fsp3) is 0.407. The van der Waals surface area contributed by atoms with Crippen molar-refractivity contribution < 1.29 is 19.1 Å². The average molecular weight is 492 g/mol. The van der Waals surface area contributed by atoms with E-state index in [1.165, 1.54) is 0 Å². The number of hydrogen-bond donors (Lipinski definition) is 2. The van der Waals surface area contributed by atoms with Crippen LogP contribution in [0.4, 0.5) is 10.5 Å². The van der Waals surface area contributed by atoms with Gasteiger partial charge in [0.1, 0.15) is 5.82 Å². The minimum absolute atomic E-state index is 0.0656. The lowest BCUT2D eigenvalue weighted by Gasteiger charge is -2.31. The molecular formula is C27H33N5O4. The highest BCUT2D eigenvalue weighted by molar-refractivity contribution is 6.07. The Kier molecular flexibility index (Phi) is 7.87. The minimum atomic E-state index is -0.316. The maximum Gasteiger partial charge on any atom is 0.409 e. The third-order valence-electron chi connectivity index (χ3n) is 6.47. The summed E-state index contributed by atoms with van der Waals surface area (Å²) in [6.45, 7) is 4.96. The van der Waals surface area contributed by atoms with Crippen molar-refractivity contribution in [1.82, 2.24) is 19.8 Å². The predicted molar refractivity (Wildman–Crippen MR) is 138 cm³/mol. The number of nitrogens with zero attached hydrogens (tertiary/aromatic N) is 3. The van der Waals surface area contributed by atoms with Gasteiger partial charge in [0.25, 0.3) is 5.91 Å². The molecule has 1 aliphatic heterocycles. The standard InChI is InChI=1S/C27H33N5O4/c1-4-24(33)28-20-16-21(26(34)29-19-11-13-32(14-12-19)27(35)36-5-2)25-22(17-20)30-23(31(25)3)15-18-9-7-6-8-10-18/h6-10,16-17,19H,4-5,11-15H2,1-3H3,(H,28,33)(H,29,34). The number of anilines is 1. The summed E-state index contributed by atoms with van der Waals surface area (Å²) < 4.78 is 7.03. The van der Waals surface area contributed by atoms with Crippen LogP contribution in [0.25, 0.3) is 11.0 Å². The number of carbonyl (C=O) groups excluding carboxylic acids is 3. The molecule has 2 N–H and O–H groups in total. The van der Waals surface area contributed by atoms with E-state index < -0.39 is 0 Å². The summed E-state index contributed by atoms with van der Waals surface area (Å²) in [6.07, 6.45) is 1.93. The van der Waals surface area contributed by atoms with Gasteiger partial charge in [-0.25, -0.2) is 9.78 Å². The third kappa shape index (κ3) is 5.67. The van der Waals surface area contributed by atoms with Gasteiger partial charge in [-0.3, -0.25) is 9.59 Å². The number of imidazole rings is 1. The van der Waals surface area contributed by atoms with Crippen LogP contribution in [0.15, 0.2) is 42.5 Å². The van der Waals surface area contributed by atoms with E-state index in [-0.39, 0.29) is 23.9 Å². The number of carbonyl (C=O) groups is 3. The Morgan fingerprint density at radius 2 is 1.81 bits per heavy atom. The van der Waals surface area contributed by atoms with Crippen molar-refractivity contribution in [2.24, 2.45) is 7.05 Å². The molecule has 1 aliphatic rings. The van der Waals surface area contributed by atoms with Crippen LogP contribution < -0.4 is 10.6 Å². The monoisotopic (exact) mass is 491 g/mol. The second-order valence-corrected chi connectivity index (χ2v) is 8.98. The maximum atomic E-state index is 13.5. The summed E-state index contributed by atoms with van der Waals surface area (Å²) in [4.78, 5) is 44.1. The van der Waals surface area contributed by atoms with Crippen molar-refractivity contribution in [3.05, 3.63) is 59.4 Å². The molecule has 1 aromatic heterocycles. The Morgan fingerprint density at radius 1 is 1.08 bits per heavy atom. The lowest BCUT2D eigenvalue weighted by atomic mass is 10.0. The zero-order valence-electron chi connectivity index (χ0n) is 21.0. The van der Waals surface area contributed by atoms with E-state index in [4.69, 9.17) is 9.72 Å². The first-order valence-corrected chi connectivity index (χ1v) is 12.4. The first-order chi connectivity index (χ1) is 17.4. The Bertz CT molecular complexity index is 1250. The van der Waals surface area contributed by atoms with E-state index in [1.54, 1.807) is 24.8 Å². The normalized spacial score (nSPS) is 14.0. The van der Waals surface area contributed by atoms with Gasteiger partial charge in [0, 0.05) is 44.7 Å². The van der Waals surface area contributed by atoms with Gasteiger partial charge < -0.3 is 24.8 Å². The largest absolute Gasteiger partial charge is 0.450 e. The van der Waals surface area contributed by atoms with Gasteiger partial charge in [-0.05, 0) is 37.5 Å². The van der Waals surface area contributed by atoms with E-state index in [0.29, 0.717) is 62.1 Å². The predicted octanol–water partition coefficient (Wildman–Crippen LogP) is 3.86. The molecule has 1 saturated heterocycles. The Morgan fingerprint density at radius 3 is 2.47 bits per heavy atom. The molecular weight excluding hydrogens is 458 g/mol. The van der Waals surface area contributed by atoms with Crippen LogP contribution in [0.1, 0.15) is 54.9 Å². The smallest absolute Gasteiger partial charge is 0.409 e. The number of piperidine rings is 1. The van der Waals surface area contributed by atoms with Crippen molar-refractivity contribution in [2.75, 3.05) is 25.0 Å². The Labute approximate surface area is 210 Å². The maximum absolute atomic E-state index is 13.5.